The van der Waals surface area contributed by atoms with E-state index in [0.717, 1.165) is 30.3 Å². The lowest BCUT2D eigenvalue weighted by Crippen LogP contribution is -2.44. The maximum Gasteiger partial charge on any atom is 0.241 e. The highest BCUT2D eigenvalue weighted by atomic mass is 16.5. The van der Waals surface area contributed by atoms with E-state index >= 15 is 0 Å². The second kappa shape index (κ2) is 6.77. The van der Waals surface area contributed by atoms with Gasteiger partial charge < -0.3 is 13.7 Å². The number of hydrogen-bond acceptors (Lipinski definition) is 8. The first-order valence-electron chi connectivity index (χ1n) is 8.24. The van der Waals surface area contributed by atoms with Gasteiger partial charge in [-0.3, -0.25) is 4.90 Å². The molecule has 1 fully saturated rings. The van der Waals surface area contributed by atoms with Gasteiger partial charge in [-0.1, -0.05) is 5.16 Å². The minimum atomic E-state index is 0.0600. The van der Waals surface area contributed by atoms with E-state index in [1.807, 2.05) is 24.6 Å². The van der Waals surface area contributed by atoms with E-state index in [9.17, 15) is 0 Å². The molecule has 0 bridgehead atoms. The number of furan rings is 1. The number of aromatic nitrogens is 5. The van der Waals surface area contributed by atoms with Gasteiger partial charge >= 0.3 is 0 Å². The average molecular weight is 344 g/mol. The van der Waals surface area contributed by atoms with Crippen molar-refractivity contribution in [3.8, 4) is 11.4 Å². The Bertz CT molecular complexity index is 825. The first kappa shape index (κ1) is 16.0. The van der Waals surface area contributed by atoms with Crippen LogP contribution in [0.15, 0.2) is 27.5 Å². The molecule has 25 heavy (non-hydrogen) atoms. The van der Waals surface area contributed by atoms with Crippen LogP contribution < -0.4 is 0 Å². The van der Waals surface area contributed by atoms with Crippen LogP contribution in [0.25, 0.3) is 11.4 Å². The Labute approximate surface area is 144 Å². The molecule has 9 nitrogen and oxygen atoms in total. The summed E-state index contributed by atoms with van der Waals surface area (Å²) in [5.41, 5.74) is 0.812. The molecule has 9 heteroatoms. The van der Waals surface area contributed by atoms with Gasteiger partial charge in [-0.25, -0.2) is 9.67 Å². The number of aryl methyl sites for hydroxylation is 2. The van der Waals surface area contributed by atoms with Crippen molar-refractivity contribution in [3.05, 3.63) is 36.1 Å². The summed E-state index contributed by atoms with van der Waals surface area (Å²) >= 11 is 0. The molecule has 4 rings (SSSR count). The molecule has 0 unspecified atom stereocenters. The Morgan fingerprint density at radius 3 is 2.96 bits per heavy atom. The van der Waals surface area contributed by atoms with E-state index in [-0.39, 0.29) is 6.10 Å². The van der Waals surface area contributed by atoms with E-state index in [4.69, 9.17) is 13.7 Å². The molecule has 0 aliphatic carbocycles. The van der Waals surface area contributed by atoms with E-state index in [0.29, 0.717) is 31.4 Å². The summed E-state index contributed by atoms with van der Waals surface area (Å²) in [5.74, 6) is 2.81. The molecule has 1 saturated heterocycles. The summed E-state index contributed by atoms with van der Waals surface area (Å²) in [4.78, 5) is 11.0. The zero-order chi connectivity index (χ0) is 17.2. The Morgan fingerprint density at radius 1 is 1.28 bits per heavy atom. The van der Waals surface area contributed by atoms with Gasteiger partial charge in [0.05, 0.1) is 37.6 Å². The van der Waals surface area contributed by atoms with Gasteiger partial charge in [0.1, 0.15) is 17.9 Å². The van der Waals surface area contributed by atoms with E-state index < -0.39 is 0 Å². The quantitative estimate of drug-likeness (QED) is 0.686. The fraction of sp³-hybridized carbons (Fsp3) is 0.500. The lowest BCUT2D eigenvalue weighted by molar-refractivity contribution is -0.0429. The fourth-order valence-corrected chi connectivity index (χ4v) is 2.98. The van der Waals surface area contributed by atoms with Crippen molar-refractivity contribution in [2.45, 2.75) is 33.0 Å². The average Bonchev–Trinajstić information content (AvgIpc) is 3.30. The third kappa shape index (κ3) is 3.62. The first-order chi connectivity index (χ1) is 12.2. The third-order valence-corrected chi connectivity index (χ3v) is 4.17. The topological polar surface area (TPSA) is 95.2 Å². The van der Waals surface area contributed by atoms with Crippen molar-refractivity contribution in [1.29, 1.82) is 0 Å². The molecule has 0 N–H and O–H groups in total. The molecular weight excluding hydrogens is 324 g/mol. The smallest absolute Gasteiger partial charge is 0.241 e. The molecule has 0 aromatic carbocycles. The minimum absolute atomic E-state index is 0.0600. The monoisotopic (exact) mass is 344 g/mol. The summed E-state index contributed by atoms with van der Waals surface area (Å²) in [6, 6.07) is 1.81. The third-order valence-electron chi connectivity index (χ3n) is 4.17. The molecule has 3 aromatic rings. The van der Waals surface area contributed by atoms with Crippen molar-refractivity contribution in [2.75, 3.05) is 19.7 Å². The van der Waals surface area contributed by atoms with Crippen LogP contribution in [0.4, 0.5) is 0 Å². The summed E-state index contributed by atoms with van der Waals surface area (Å²) in [6.07, 6.45) is 3.25. The molecule has 0 saturated carbocycles. The van der Waals surface area contributed by atoms with Gasteiger partial charge in [0.2, 0.25) is 11.7 Å². The molecule has 0 spiro atoms. The van der Waals surface area contributed by atoms with Crippen LogP contribution in [0.2, 0.25) is 0 Å². The second-order valence-electron chi connectivity index (χ2n) is 6.14. The Balaban J connectivity index is 1.37. The lowest BCUT2D eigenvalue weighted by Gasteiger charge is -2.31. The van der Waals surface area contributed by atoms with E-state index in [1.54, 1.807) is 12.5 Å². The lowest BCUT2D eigenvalue weighted by atomic mass is 10.2. The molecule has 1 atom stereocenters. The minimum Gasteiger partial charge on any atom is -0.472 e. The second-order valence-corrected chi connectivity index (χ2v) is 6.14. The maximum absolute atomic E-state index is 5.87. The van der Waals surface area contributed by atoms with Gasteiger partial charge in [0.15, 0.2) is 0 Å². The van der Waals surface area contributed by atoms with Gasteiger partial charge in [0, 0.05) is 13.1 Å². The Kier molecular flexibility index (Phi) is 4.33. The number of hydrogen-bond donors (Lipinski definition) is 0. The molecule has 3 aromatic heterocycles. The Hall–Kier alpha value is -2.52. The molecule has 0 radical (unpaired) electrons. The zero-order valence-corrected chi connectivity index (χ0v) is 14.3. The van der Waals surface area contributed by atoms with Crippen molar-refractivity contribution in [3.63, 3.8) is 0 Å². The SMILES string of the molecule is Cc1nc(C)n(C[C@H]2CN(Cc3nc(-c4ccoc4)no3)CCO2)n1. The first-order valence-corrected chi connectivity index (χ1v) is 8.24. The van der Waals surface area contributed by atoms with Crippen LogP contribution in [0.5, 0.6) is 0 Å². The van der Waals surface area contributed by atoms with E-state index in [2.05, 4.69) is 25.1 Å². The van der Waals surface area contributed by atoms with Gasteiger partial charge in [-0.2, -0.15) is 10.1 Å². The van der Waals surface area contributed by atoms with Crippen LogP contribution in [0.3, 0.4) is 0 Å². The van der Waals surface area contributed by atoms with Gasteiger partial charge in [-0.05, 0) is 19.9 Å². The molecule has 0 amide bonds. The van der Waals surface area contributed by atoms with Crippen LogP contribution in [0.1, 0.15) is 17.5 Å². The highest BCUT2D eigenvalue weighted by molar-refractivity contribution is 5.51. The van der Waals surface area contributed by atoms with Crippen molar-refractivity contribution >= 4 is 0 Å². The number of morpholine rings is 1. The largest absolute Gasteiger partial charge is 0.472 e. The summed E-state index contributed by atoms with van der Waals surface area (Å²) in [6.45, 7) is 7.41. The van der Waals surface area contributed by atoms with Gasteiger partial charge in [0.25, 0.3) is 0 Å². The van der Waals surface area contributed by atoms with E-state index in [1.165, 1.54) is 0 Å². The van der Waals surface area contributed by atoms with Crippen molar-refractivity contribution in [2.24, 2.45) is 0 Å². The zero-order valence-electron chi connectivity index (χ0n) is 14.3. The Morgan fingerprint density at radius 2 is 2.20 bits per heavy atom. The predicted octanol–water partition coefficient (Wildman–Crippen LogP) is 1.44. The van der Waals surface area contributed by atoms with Crippen LogP contribution >= 0.6 is 0 Å². The van der Waals surface area contributed by atoms with Crippen molar-refractivity contribution < 1.29 is 13.7 Å². The number of rotatable bonds is 5. The van der Waals surface area contributed by atoms with Crippen LogP contribution in [-0.4, -0.2) is 55.6 Å². The summed E-state index contributed by atoms with van der Waals surface area (Å²) in [7, 11) is 0. The van der Waals surface area contributed by atoms with Gasteiger partial charge in [-0.15, -0.1) is 0 Å². The molecule has 132 valence electrons. The molecule has 1 aliphatic rings. The van der Waals surface area contributed by atoms with Crippen LogP contribution in [-0.2, 0) is 17.8 Å². The standard InChI is InChI=1S/C16H20N6O3/c1-11-17-12(2)22(19-11)8-14-7-21(4-6-24-14)9-15-18-16(20-25-15)13-3-5-23-10-13/h3,5,10,14H,4,6-9H2,1-2H3/t14-/m1/s1. The summed E-state index contributed by atoms with van der Waals surface area (Å²) in [5, 5.41) is 8.40. The highest BCUT2D eigenvalue weighted by Gasteiger charge is 2.24. The number of ether oxygens (including phenoxy) is 1. The van der Waals surface area contributed by atoms with Crippen molar-refractivity contribution in [1.82, 2.24) is 29.8 Å². The fourth-order valence-electron chi connectivity index (χ4n) is 2.98. The predicted molar refractivity (Wildman–Crippen MR) is 86.5 cm³/mol. The molecule has 4 heterocycles. The summed E-state index contributed by atoms with van der Waals surface area (Å²) < 4.78 is 18.2. The van der Waals surface area contributed by atoms with Crippen LogP contribution in [0, 0.1) is 13.8 Å². The molecule has 1 aliphatic heterocycles. The highest BCUT2D eigenvalue weighted by Crippen LogP contribution is 2.17. The maximum atomic E-state index is 5.87. The molecular formula is C16H20N6O3. The number of nitrogens with zero attached hydrogens (tertiary/aromatic N) is 6. The normalized spacial score (nSPS) is 18.7.